The first kappa shape index (κ1) is 16.6. The number of rotatable bonds is 5. The van der Waals surface area contributed by atoms with Crippen LogP contribution in [0.2, 0.25) is 0 Å². The van der Waals surface area contributed by atoms with E-state index in [4.69, 9.17) is 0 Å². The van der Waals surface area contributed by atoms with Crippen molar-refractivity contribution >= 4 is 17.5 Å². The molecule has 0 amide bonds. The smallest absolute Gasteiger partial charge is 0.147 e. The Bertz CT molecular complexity index is 449. The van der Waals surface area contributed by atoms with Crippen LogP contribution in [0.4, 0.5) is 0 Å². The fourth-order valence-electron chi connectivity index (χ4n) is 2.84. The van der Waals surface area contributed by atoms with Gasteiger partial charge < -0.3 is 0 Å². The van der Waals surface area contributed by atoms with E-state index in [1.54, 1.807) is 0 Å². The standard InChI is InChI=1S/C19H28OS/c1-19(2,3)16-11-9-15(10-12-16)13-17(20)14-21-18-7-5-4-6-8-18/h9-12,18H,4-8,13-14H2,1-3H3. The lowest BCUT2D eigenvalue weighted by molar-refractivity contribution is -0.116. The van der Waals surface area contributed by atoms with Crippen molar-refractivity contribution in [3.8, 4) is 0 Å². The number of hydrogen-bond acceptors (Lipinski definition) is 2. The highest BCUT2D eigenvalue weighted by Crippen LogP contribution is 2.28. The van der Waals surface area contributed by atoms with Crippen LogP contribution < -0.4 is 0 Å². The van der Waals surface area contributed by atoms with Crippen LogP contribution in [0.5, 0.6) is 0 Å². The van der Waals surface area contributed by atoms with Crippen molar-refractivity contribution in [1.82, 2.24) is 0 Å². The fraction of sp³-hybridized carbons (Fsp3) is 0.632. The van der Waals surface area contributed by atoms with Crippen LogP contribution in [0, 0.1) is 0 Å². The summed E-state index contributed by atoms with van der Waals surface area (Å²) in [6, 6.07) is 8.56. The van der Waals surface area contributed by atoms with Gasteiger partial charge in [-0.15, -0.1) is 0 Å². The van der Waals surface area contributed by atoms with E-state index < -0.39 is 0 Å². The van der Waals surface area contributed by atoms with E-state index in [1.165, 1.54) is 37.7 Å². The van der Waals surface area contributed by atoms with Crippen molar-refractivity contribution < 1.29 is 4.79 Å². The molecule has 1 aliphatic rings. The molecule has 1 aliphatic carbocycles. The number of Topliss-reactive ketones (excluding diaryl/α,β-unsaturated/α-hetero) is 1. The minimum Gasteiger partial charge on any atom is -0.298 e. The van der Waals surface area contributed by atoms with E-state index in [0.29, 0.717) is 18.0 Å². The summed E-state index contributed by atoms with van der Waals surface area (Å²) in [5.41, 5.74) is 2.66. The van der Waals surface area contributed by atoms with Crippen LogP contribution in [-0.4, -0.2) is 16.8 Å². The average Bonchev–Trinajstić information content (AvgIpc) is 2.46. The molecule has 1 nitrogen and oxygen atoms in total. The first-order valence-electron chi connectivity index (χ1n) is 8.18. The number of ketones is 1. The summed E-state index contributed by atoms with van der Waals surface area (Å²) in [4.78, 5) is 12.1. The van der Waals surface area contributed by atoms with Gasteiger partial charge in [0, 0.05) is 11.7 Å². The lowest BCUT2D eigenvalue weighted by Crippen LogP contribution is -2.14. The maximum Gasteiger partial charge on any atom is 0.147 e. The fourth-order valence-corrected chi connectivity index (χ4v) is 4.03. The molecule has 0 spiro atoms. The molecule has 0 aliphatic heterocycles. The Hall–Kier alpha value is -0.760. The summed E-state index contributed by atoms with van der Waals surface area (Å²) >= 11 is 1.88. The Labute approximate surface area is 133 Å². The maximum absolute atomic E-state index is 12.1. The highest BCUT2D eigenvalue weighted by atomic mass is 32.2. The molecule has 21 heavy (non-hydrogen) atoms. The van der Waals surface area contributed by atoms with Gasteiger partial charge in [-0.3, -0.25) is 4.79 Å². The monoisotopic (exact) mass is 304 g/mol. The zero-order chi connectivity index (χ0) is 15.3. The molecule has 2 heteroatoms. The van der Waals surface area contributed by atoms with Gasteiger partial charge in [0.15, 0.2) is 0 Å². The third-order valence-electron chi connectivity index (χ3n) is 4.25. The van der Waals surface area contributed by atoms with Crippen LogP contribution in [0.3, 0.4) is 0 Å². The summed E-state index contributed by atoms with van der Waals surface area (Å²) in [7, 11) is 0. The van der Waals surface area contributed by atoms with Crippen molar-refractivity contribution in [2.45, 2.75) is 70.0 Å². The van der Waals surface area contributed by atoms with Gasteiger partial charge in [0.25, 0.3) is 0 Å². The third-order valence-corrected chi connectivity index (χ3v) is 5.68. The number of carbonyl (C=O) groups is 1. The molecule has 1 aromatic rings. The van der Waals surface area contributed by atoms with Crippen molar-refractivity contribution in [2.75, 3.05) is 5.75 Å². The zero-order valence-corrected chi connectivity index (χ0v) is 14.5. The second-order valence-corrected chi connectivity index (χ2v) is 8.52. The highest BCUT2D eigenvalue weighted by Gasteiger charge is 2.16. The minimum absolute atomic E-state index is 0.180. The SMILES string of the molecule is CC(C)(C)c1ccc(CC(=O)CSC2CCCCC2)cc1. The molecule has 116 valence electrons. The second-order valence-electron chi connectivity index (χ2n) is 7.23. The van der Waals surface area contributed by atoms with E-state index >= 15 is 0 Å². The molecule has 0 unspecified atom stereocenters. The molecule has 1 fully saturated rings. The Kier molecular flexibility index (Phi) is 5.92. The van der Waals surface area contributed by atoms with Gasteiger partial charge in [-0.1, -0.05) is 64.3 Å². The van der Waals surface area contributed by atoms with Crippen molar-refractivity contribution in [3.63, 3.8) is 0 Å². The molecule has 0 radical (unpaired) electrons. The molecular weight excluding hydrogens is 276 g/mol. The number of carbonyl (C=O) groups excluding carboxylic acids is 1. The molecule has 2 rings (SSSR count). The topological polar surface area (TPSA) is 17.1 Å². The van der Waals surface area contributed by atoms with Gasteiger partial charge in [-0.05, 0) is 29.4 Å². The molecule has 0 atom stereocenters. The van der Waals surface area contributed by atoms with Crippen molar-refractivity contribution in [3.05, 3.63) is 35.4 Å². The maximum atomic E-state index is 12.1. The molecule has 0 aromatic heterocycles. The summed E-state index contributed by atoms with van der Waals surface area (Å²) in [5.74, 6) is 1.06. The quantitative estimate of drug-likeness (QED) is 0.747. The minimum atomic E-state index is 0.180. The van der Waals surface area contributed by atoms with Gasteiger partial charge in [-0.25, -0.2) is 0 Å². The molecule has 0 heterocycles. The molecular formula is C19H28OS. The lowest BCUT2D eigenvalue weighted by Gasteiger charge is -2.20. The Morgan fingerprint density at radius 3 is 2.29 bits per heavy atom. The normalized spacial score (nSPS) is 16.9. The van der Waals surface area contributed by atoms with Crippen LogP contribution in [0.15, 0.2) is 24.3 Å². The summed E-state index contributed by atoms with van der Waals surface area (Å²) in [5, 5.41) is 0.728. The lowest BCUT2D eigenvalue weighted by atomic mass is 9.86. The van der Waals surface area contributed by atoms with Gasteiger partial charge >= 0.3 is 0 Å². The summed E-state index contributed by atoms with van der Waals surface area (Å²) < 4.78 is 0. The van der Waals surface area contributed by atoms with Gasteiger partial charge in [0.05, 0.1) is 5.75 Å². The molecule has 1 saturated carbocycles. The largest absolute Gasteiger partial charge is 0.298 e. The first-order valence-corrected chi connectivity index (χ1v) is 9.23. The Morgan fingerprint density at radius 2 is 1.71 bits per heavy atom. The molecule has 0 saturated heterocycles. The van der Waals surface area contributed by atoms with Gasteiger partial charge in [0.2, 0.25) is 0 Å². The van der Waals surface area contributed by atoms with Gasteiger partial charge in [-0.2, -0.15) is 11.8 Å². The Balaban J connectivity index is 1.79. The second kappa shape index (κ2) is 7.49. The Morgan fingerprint density at radius 1 is 1.10 bits per heavy atom. The predicted molar refractivity (Wildman–Crippen MR) is 93.2 cm³/mol. The van der Waals surface area contributed by atoms with E-state index in [-0.39, 0.29) is 5.41 Å². The molecule has 1 aromatic carbocycles. The summed E-state index contributed by atoms with van der Waals surface area (Å²) in [6.45, 7) is 6.65. The van der Waals surface area contributed by atoms with Crippen LogP contribution >= 0.6 is 11.8 Å². The van der Waals surface area contributed by atoms with Crippen molar-refractivity contribution in [2.24, 2.45) is 0 Å². The van der Waals surface area contributed by atoms with Crippen LogP contribution in [0.1, 0.15) is 64.0 Å². The average molecular weight is 304 g/mol. The van der Waals surface area contributed by atoms with E-state index in [2.05, 4.69) is 45.0 Å². The van der Waals surface area contributed by atoms with E-state index in [1.807, 2.05) is 11.8 Å². The van der Waals surface area contributed by atoms with E-state index in [9.17, 15) is 4.79 Å². The van der Waals surface area contributed by atoms with Crippen LogP contribution in [0.25, 0.3) is 0 Å². The first-order chi connectivity index (χ1) is 9.95. The number of hydrogen-bond donors (Lipinski definition) is 0. The molecule has 0 bridgehead atoms. The molecule has 0 N–H and O–H groups in total. The highest BCUT2D eigenvalue weighted by molar-refractivity contribution is 8.00. The number of thioether (sulfide) groups is 1. The number of benzene rings is 1. The van der Waals surface area contributed by atoms with E-state index in [0.717, 1.165) is 10.8 Å². The van der Waals surface area contributed by atoms with Crippen molar-refractivity contribution in [1.29, 1.82) is 0 Å². The van der Waals surface area contributed by atoms with Gasteiger partial charge in [0.1, 0.15) is 5.78 Å². The third kappa shape index (κ3) is 5.50. The van der Waals surface area contributed by atoms with Crippen LogP contribution in [-0.2, 0) is 16.6 Å². The summed E-state index contributed by atoms with van der Waals surface area (Å²) in [6.07, 6.45) is 7.27. The zero-order valence-electron chi connectivity index (χ0n) is 13.7. The predicted octanol–water partition coefficient (Wildman–Crippen LogP) is 5.16.